The van der Waals surface area contributed by atoms with Crippen LogP contribution in [0, 0.1) is 17.8 Å². The van der Waals surface area contributed by atoms with Gasteiger partial charge in [0, 0.05) is 5.57 Å². The van der Waals surface area contributed by atoms with Crippen LogP contribution in [0.4, 0.5) is 0 Å². The number of esters is 1. The summed E-state index contributed by atoms with van der Waals surface area (Å²) in [6.45, 7) is 15.6. The molecule has 0 saturated carbocycles. The fourth-order valence-corrected chi connectivity index (χ4v) is 6.03. The summed E-state index contributed by atoms with van der Waals surface area (Å²) >= 11 is 0. The van der Waals surface area contributed by atoms with Crippen LogP contribution in [0.5, 0.6) is 0 Å². The van der Waals surface area contributed by atoms with Crippen molar-refractivity contribution in [1.82, 2.24) is 0 Å². The predicted octanol–water partition coefficient (Wildman–Crippen LogP) is 13.2. The molecule has 2 nitrogen and oxygen atoms in total. The van der Waals surface area contributed by atoms with Crippen molar-refractivity contribution in [2.45, 2.75) is 202 Å². The third kappa shape index (κ3) is 27.4. The van der Waals surface area contributed by atoms with E-state index < -0.39 is 0 Å². The number of rotatable bonds is 31. The Morgan fingerprint density at radius 1 is 0.525 bits per heavy atom. The van der Waals surface area contributed by atoms with E-state index in [9.17, 15) is 4.79 Å². The summed E-state index contributed by atoms with van der Waals surface area (Å²) in [6.07, 6.45) is 35.7. The fraction of sp³-hybridized carbons (Fsp3) is 0.921. The van der Waals surface area contributed by atoms with E-state index in [4.69, 9.17) is 4.74 Å². The molecule has 0 rings (SSSR count). The fourth-order valence-electron chi connectivity index (χ4n) is 6.03. The normalized spacial score (nSPS) is 13.7. The van der Waals surface area contributed by atoms with Crippen molar-refractivity contribution in [3.05, 3.63) is 12.2 Å². The van der Waals surface area contributed by atoms with Gasteiger partial charge in [-0.2, -0.15) is 0 Å². The first kappa shape index (κ1) is 39.2. The Labute approximate surface area is 253 Å². The maximum atomic E-state index is 12.0. The predicted molar refractivity (Wildman–Crippen MR) is 179 cm³/mol. The van der Waals surface area contributed by atoms with E-state index in [1.807, 2.05) is 0 Å². The standard InChI is InChI=1S/C38H74O2/c1-7-9-11-13-15-17-19-22-27-35(5)29-24-21-25-31-37(33-40-38(39)34(3)4)32-26-30-36(6)28-23-20-18-16-14-12-10-8-2/h35-37H,3,7-33H2,1-2,4-6H3. The van der Waals surface area contributed by atoms with Crippen molar-refractivity contribution in [2.75, 3.05) is 6.61 Å². The maximum absolute atomic E-state index is 12.0. The van der Waals surface area contributed by atoms with Crippen molar-refractivity contribution in [2.24, 2.45) is 17.8 Å². The molecule has 0 fully saturated rings. The second-order valence-electron chi connectivity index (χ2n) is 13.6. The molecule has 0 aromatic heterocycles. The van der Waals surface area contributed by atoms with E-state index >= 15 is 0 Å². The number of ether oxygens (including phenoxy) is 1. The average molecular weight is 563 g/mol. The minimum atomic E-state index is -0.220. The molecule has 40 heavy (non-hydrogen) atoms. The lowest BCUT2D eigenvalue weighted by Crippen LogP contribution is -2.15. The van der Waals surface area contributed by atoms with Crippen LogP contribution < -0.4 is 0 Å². The lowest BCUT2D eigenvalue weighted by molar-refractivity contribution is -0.140. The van der Waals surface area contributed by atoms with Gasteiger partial charge in [-0.15, -0.1) is 0 Å². The van der Waals surface area contributed by atoms with Gasteiger partial charge in [0.05, 0.1) is 6.61 Å². The van der Waals surface area contributed by atoms with Crippen molar-refractivity contribution < 1.29 is 9.53 Å². The Balaban J connectivity index is 4.03. The van der Waals surface area contributed by atoms with Crippen molar-refractivity contribution in [3.8, 4) is 0 Å². The second kappa shape index (κ2) is 29.7. The van der Waals surface area contributed by atoms with Gasteiger partial charge in [-0.05, 0) is 37.5 Å². The molecule has 0 heterocycles. The smallest absolute Gasteiger partial charge is 0.333 e. The van der Waals surface area contributed by atoms with Crippen LogP contribution in [0.15, 0.2) is 12.2 Å². The van der Waals surface area contributed by atoms with E-state index in [0.29, 0.717) is 18.1 Å². The summed E-state index contributed by atoms with van der Waals surface area (Å²) in [5.41, 5.74) is 0.517. The topological polar surface area (TPSA) is 26.3 Å². The highest BCUT2D eigenvalue weighted by molar-refractivity contribution is 5.86. The molecule has 0 amide bonds. The van der Waals surface area contributed by atoms with Crippen LogP contribution >= 0.6 is 0 Å². The van der Waals surface area contributed by atoms with E-state index in [-0.39, 0.29) is 5.97 Å². The zero-order chi connectivity index (χ0) is 29.7. The zero-order valence-electron chi connectivity index (χ0n) is 28.3. The quantitative estimate of drug-likeness (QED) is 0.0477. The van der Waals surface area contributed by atoms with Gasteiger partial charge in [0.25, 0.3) is 0 Å². The van der Waals surface area contributed by atoms with Gasteiger partial charge in [0.2, 0.25) is 0 Å². The first-order valence-electron chi connectivity index (χ1n) is 18.2. The Morgan fingerprint density at radius 2 is 0.850 bits per heavy atom. The third-order valence-electron chi connectivity index (χ3n) is 9.02. The molecule has 0 aliphatic heterocycles. The van der Waals surface area contributed by atoms with Crippen LogP contribution in [-0.2, 0) is 9.53 Å². The first-order valence-corrected chi connectivity index (χ1v) is 18.2. The molecule has 0 radical (unpaired) electrons. The number of hydrogen-bond acceptors (Lipinski definition) is 2. The maximum Gasteiger partial charge on any atom is 0.333 e. The molecule has 238 valence electrons. The van der Waals surface area contributed by atoms with Crippen LogP contribution in [0.2, 0.25) is 0 Å². The Morgan fingerprint density at radius 3 is 1.27 bits per heavy atom. The number of carbonyl (C=O) groups is 1. The number of unbranched alkanes of at least 4 members (excludes halogenated alkanes) is 16. The summed E-state index contributed by atoms with van der Waals surface area (Å²) in [6, 6.07) is 0. The van der Waals surface area contributed by atoms with Gasteiger partial charge in [0.1, 0.15) is 0 Å². The summed E-state index contributed by atoms with van der Waals surface area (Å²) in [5.74, 6) is 1.98. The Bertz CT molecular complexity index is 554. The zero-order valence-corrected chi connectivity index (χ0v) is 28.3. The second-order valence-corrected chi connectivity index (χ2v) is 13.6. The van der Waals surface area contributed by atoms with Gasteiger partial charge < -0.3 is 4.74 Å². The van der Waals surface area contributed by atoms with E-state index in [2.05, 4.69) is 34.3 Å². The summed E-state index contributed by atoms with van der Waals surface area (Å²) < 4.78 is 5.60. The molecule has 0 N–H and O–H groups in total. The highest BCUT2D eigenvalue weighted by atomic mass is 16.5. The Hall–Kier alpha value is -0.790. The SMILES string of the molecule is C=C(C)C(=O)OCC(CCCCCC(C)CCCCCCCCCC)CCCC(C)CCCCCCCCCC. The lowest BCUT2D eigenvalue weighted by Gasteiger charge is -2.19. The molecule has 0 bridgehead atoms. The molecule has 0 aromatic rings. The molecule has 0 aromatic carbocycles. The van der Waals surface area contributed by atoms with Crippen molar-refractivity contribution in [3.63, 3.8) is 0 Å². The molecule has 0 spiro atoms. The number of carbonyl (C=O) groups excluding carboxylic acids is 1. The minimum Gasteiger partial charge on any atom is -0.462 e. The van der Waals surface area contributed by atoms with Gasteiger partial charge in [0.15, 0.2) is 0 Å². The van der Waals surface area contributed by atoms with Gasteiger partial charge in [-0.25, -0.2) is 4.79 Å². The third-order valence-corrected chi connectivity index (χ3v) is 9.02. The highest BCUT2D eigenvalue weighted by Gasteiger charge is 2.14. The molecule has 0 aliphatic carbocycles. The highest BCUT2D eigenvalue weighted by Crippen LogP contribution is 2.24. The van der Waals surface area contributed by atoms with Crippen molar-refractivity contribution in [1.29, 1.82) is 0 Å². The summed E-state index contributed by atoms with van der Waals surface area (Å²) in [5, 5.41) is 0. The van der Waals surface area contributed by atoms with Crippen LogP contribution in [0.1, 0.15) is 202 Å². The van der Waals surface area contributed by atoms with Crippen LogP contribution in [0.3, 0.4) is 0 Å². The largest absolute Gasteiger partial charge is 0.462 e. The minimum absolute atomic E-state index is 0.220. The summed E-state index contributed by atoms with van der Waals surface area (Å²) in [4.78, 5) is 12.0. The monoisotopic (exact) mass is 563 g/mol. The van der Waals surface area contributed by atoms with E-state index in [0.717, 1.165) is 11.8 Å². The molecule has 3 unspecified atom stereocenters. The molecule has 0 aliphatic rings. The average Bonchev–Trinajstić information content (AvgIpc) is 2.93. The van der Waals surface area contributed by atoms with E-state index in [1.54, 1.807) is 6.92 Å². The van der Waals surface area contributed by atoms with Gasteiger partial charge >= 0.3 is 5.97 Å². The van der Waals surface area contributed by atoms with Crippen LogP contribution in [0.25, 0.3) is 0 Å². The molecular formula is C38H74O2. The molecular weight excluding hydrogens is 488 g/mol. The Kier molecular flexibility index (Phi) is 29.1. The molecule has 3 atom stereocenters. The first-order chi connectivity index (χ1) is 19.4. The van der Waals surface area contributed by atoms with Crippen molar-refractivity contribution >= 4 is 5.97 Å². The number of hydrogen-bond donors (Lipinski definition) is 0. The van der Waals surface area contributed by atoms with Gasteiger partial charge in [-0.1, -0.05) is 188 Å². The molecule has 0 saturated heterocycles. The summed E-state index contributed by atoms with van der Waals surface area (Å²) in [7, 11) is 0. The molecule has 2 heteroatoms. The van der Waals surface area contributed by atoms with Gasteiger partial charge in [-0.3, -0.25) is 0 Å². The lowest BCUT2D eigenvalue weighted by atomic mass is 9.91. The van der Waals surface area contributed by atoms with E-state index in [1.165, 1.54) is 167 Å². The van der Waals surface area contributed by atoms with Crippen LogP contribution in [-0.4, -0.2) is 12.6 Å².